The number of aromatic nitrogens is 2. The topological polar surface area (TPSA) is 54.2 Å². The minimum Gasteiger partial charge on any atom is -0.355 e. The van der Waals surface area contributed by atoms with Gasteiger partial charge in [0.2, 0.25) is 0 Å². The summed E-state index contributed by atoms with van der Waals surface area (Å²) in [5.41, 5.74) is 8.52. The van der Waals surface area contributed by atoms with Crippen LogP contribution in [-0.4, -0.2) is 21.3 Å². The van der Waals surface area contributed by atoms with Gasteiger partial charge in [0.25, 0.3) is 0 Å². The fourth-order valence-electron chi connectivity index (χ4n) is 3.50. The van der Waals surface area contributed by atoms with Crippen molar-refractivity contribution >= 4 is 61.4 Å². The highest BCUT2D eigenvalue weighted by Crippen LogP contribution is 2.28. The van der Waals surface area contributed by atoms with Crippen molar-refractivity contribution in [2.75, 3.05) is 0 Å². The summed E-state index contributed by atoms with van der Waals surface area (Å²) < 4.78 is 3.24. The average Bonchev–Trinajstić information content (AvgIpc) is 3.33. The van der Waals surface area contributed by atoms with E-state index in [-0.39, 0.29) is 5.50 Å². The molecule has 0 radical (unpaired) electrons. The molecule has 0 amide bonds. The maximum absolute atomic E-state index is 4.54. The summed E-state index contributed by atoms with van der Waals surface area (Å²) in [5.74, 6) is 0. The SMILES string of the molecule is Cn1c2ccccc2c2cc(/C=N/NC3NC(c4ccc(Br)cc4)=CS3)ncc21. The molecule has 0 saturated carbocycles. The number of halogens is 1. The molecule has 5 nitrogen and oxygen atoms in total. The summed E-state index contributed by atoms with van der Waals surface area (Å²) in [5, 5.41) is 12.3. The van der Waals surface area contributed by atoms with Crippen LogP contribution >= 0.6 is 27.7 Å². The standard InChI is InChI=1S/C22H18BrN5S/c1-28-20-5-3-2-4-17(20)18-10-16(24-12-21(18)28)11-25-27-22-26-19(13-29-22)14-6-8-15(23)9-7-14/h2-13,22,26-27H,1H3/b25-11+. The van der Waals surface area contributed by atoms with E-state index in [4.69, 9.17) is 0 Å². The van der Waals surface area contributed by atoms with E-state index in [1.807, 2.05) is 18.3 Å². The fourth-order valence-corrected chi connectivity index (χ4v) is 4.56. The normalized spacial score (nSPS) is 16.5. The number of para-hydroxylation sites is 1. The molecule has 1 aliphatic heterocycles. The first-order chi connectivity index (χ1) is 14.2. The average molecular weight is 464 g/mol. The smallest absolute Gasteiger partial charge is 0.165 e. The van der Waals surface area contributed by atoms with Crippen molar-refractivity contribution in [3.05, 3.63) is 81.9 Å². The molecule has 0 saturated heterocycles. The number of hydrazone groups is 1. The summed E-state index contributed by atoms with van der Waals surface area (Å²) in [6.45, 7) is 0. The van der Waals surface area contributed by atoms with Gasteiger partial charge in [-0.05, 0) is 35.2 Å². The van der Waals surface area contributed by atoms with Crippen LogP contribution in [0.5, 0.6) is 0 Å². The van der Waals surface area contributed by atoms with Crippen molar-refractivity contribution < 1.29 is 0 Å². The van der Waals surface area contributed by atoms with Crippen molar-refractivity contribution in [2.24, 2.45) is 12.1 Å². The molecule has 1 atom stereocenters. The van der Waals surface area contributed by atoms with Crippen LogP contribution in [-0.2, 0) is 7.05 Å². The van der Waals surface area contributed by atoms with Crippen molar-refractivity contribution in [3.8, 4) is 0 Å². The van der Waals surface area contributed by atoms with Crippen LogP contribution in [0.25, 0.3) is 27.5 Å². The number of benzene rings is 2. The summed E-state index contributed by atoms with van der Waals surface area (Å²) in [4.78, 5) is 4.54. The van der Waals surface area contributed by atoms with Crippen LogP contribution in [0.4, 0.5) is 0 Å². The molecule has 3 heterocycles. The zero-order valence-electron chi connectivity index (χ0n) is 15.6. The first-order valence-electron chi connectivity index (χ1n) is 9.19. The van der Waals surface area contributed by atoms with E-state index >= 15 is 0 Å². The molecule has 2 N–H and O–H groups in total. The fraction of sp³-hybridized carbons (Fsp3) is 0.0909. The van der Waals surface area contributed by atoms with Gasteiger partial charge in [0.15, 0.2) is 5.50 Å². The monoisotopic (exact) mass is 463 g/mol. The maximum Gasteiger partial charge on any atom is 0.165 e. The van der Waals surface area contributed by atoms with Gasteiger partial charge < -0.3 is 9.88 Å². The van der Waals surface area contributed by atoms with Crippen LogP contribution in [0.1, 0.15) is 11.3 Å². The Morgan fingerprint density at radius 1 is 1.14 bits per heavy atom. The van der Waals surface area contributed by atoms with Crippen LogP contribution in [0, 0.1) is 0 Å². The lowest BCUT2D eigenvalue weighted by atomic mass is 10.2. The predicted molar refractivity (Wildman–Crippen MR) is 126 cm³/mol. The Labute approximate surface area is 181 Å². The number of thioether (sulfide) groups is 1. The highest BCUT2D eigenvalue weighted by molar-refractivity contribution is 9.10. The molecule has 0 fully saturated rings. The number of fused-ring (bicyclic) bond motifs is 3. The minimum atomic E-state index is -0.00816. The Morgan fingerprint density at radius 3 is 2.83 bits per heavy atom. The van der Waals surface area contributed by atoms with Crippen molar-refractivity contribution in [2.45, 2.75) is 5.50 Å². The molecule has 0 aliphatic carbocycles. The highest BCUT2D eigenvalue weighted by Gasteiger charge is 2.16. The number of nitrogens with one attached hydrogen (secondary N) is 2. The van der Waals surface area contributed by atoms with Crippen LogP contribution in [0.2, 0.25) is 0 Å². The Hall–Kier alpha value is -2.77. The maximum atomic E-state index is 4.54. The van der Waals surface area contributed by atoms with Crippen molar-refractivity contribution in [3.63, 3.8) is 0 Å². The number of pyridine rings is 1. The number of rotatable bonds is 4. The van der Waals surface area contributed by atoms with Crippen LogP contribution in [0.15, 0.2) is 75.8 Å². The summed E-state index contributed by atoms with van der Waals surface area (Å²) in [6.07, 6.45) is 3.67. The van der Waals surface area contributed by atoms with Crippen LogP contribution < -0.4 is 10.7 Å². The molecule has 5 rings (SSSR count). The Morgan fingerprint density at radius 2 is 1.97 bits per heavy atom. The molecule has 2 aromatic heterocycles. The molecule has 4 aromatic rings. The molecule has 144 valence electrons. The summed E-state index contributed by atoms with van der Waals surface area (Å²) in [7, 11) is 2.07. The lowest BCUT2D eigenvalue weighted by Gasteiger charge is -2.12. The lowest BCUT2D eigenvalue weighted by molar-refractivity contribution is 0.657. The molecule has 1 aliphatic rings. The Bertz CT molecular complexity index is 1260. The second-order valence-corrected chi connectivity index (χ2v) is 8.68. The van der Waals surface area contributed by atoms with Gasteiger partial charge in [-0.15, -0.1) is 0 Å². The van der Waals surface area contributed by atoms with Gasteiger partial charge in [-0.2, -0.15) is 5.10 Å². The molecule has 0 spiro atoms. The van der Waals surface area contributed by atoms with Gasteiger partial charge in [-0.1, -0.05) is 58.0 Å². The number of nitrogens with zero attached hydrogens (tertiary/aromatic N) is 3. The van der Waals surface area contributed by atoms with E-state index in [1.165, 1.54) is 16.3 Å². The molecule has 29 heavy (non-hydrogen) atoms. The Balaban J connectivity index is 1.29. The summed E-state index contributed by atoms with van der Waals surface area (Å²) >= 11 is 5.13. The van der Waals surface area contributed by atoms with E-state index in [2.05, 4.69) is 96.2 Å². The molecular formula is C22H18BrN5S. The quantitative estimate of drug-likeness (QED) is 0.329. The van der Waals surface area contributed by atoms with Gasteiger partial charge in [-0.25, -0.2) is 0 Å². The van der Waals surface area contributed by atoms with Gasteiger partial charge >= 0.3 is 0 Å². The Kier molecular flexibility index (Phi) is 4.77. The van der Waals surface area contributed by atoms with E-state index in [0.29, 0.717) is 0 Å². The van der Waals surface area contributed by atoms with Gasteiger partial charge in [0.05, 0.1) is 29.3 Å². The largest absolute Gasteiger partial charge is 0.355 e. The van der Waals surface area contributed by atoms with E-state index in [9.17, 15) is 0 Å². The number of hydrogen-bond acceptors (Lipinski definition) is 5. The first kappa shape index (κ1) is 18.3. The molecular weight excluding hydrogens is 446 g/mol. The van der Waals surface area contributed by atoms with E-state index in [0.717, 1.165) is 26.9 Å². The zero-order chi connectivity index (χ0) is 19.8. The molecule has 0 bridgehead atoms. The second kappa shape index (κ2) is 7.57. The number of aryl methyl sites for hydroxylation is 1. The lowest BCUT2D eigenvalue weighted by Crippen LogP contribution is -2.31. The number of hydrogen-bond donors (Lipinski definition) is 2. The van der Waals surface area contributed by atoms with Crippen molar-refractivity contribution in [1.82, 2.24) is 20.3 Å². The van der Waals surface area contributed by atoms with E-state index in [1.54, 1.807) is 18.0 Å². The third-order valence-electron chi connectivity index (χ3n) is 4.97. The van der Waals surface area contributed by atoms with Gasteiger partial charge in [0.1, 0.15) is 0 Å². The molecule has 7 heteroatoms. The third kappa shape index (κ3) is 3.52. The minimum absolute atomic E-state index is 0.00816. The van der Waals surface area contributed by atoms with E-state index < -0.39 is 0 Å². The van der Waals surface area contributed by atoms with Crippen molar-refractivity contribution in [1.29, 1.82) is 0 Å². The van der Waals surface area contributed by atoms with Crippen LogP contribution in [0.3, 0.4) is 0 Å². The highest BCUT2D eigenvalue weighted by atomic mass is 79.9. The molecule has 1 unspecified atom stereocenters. The van der Waals surface area contributed by atoms with Gasteiger partial charge in [0, 0.05) is 27.8 Å². The molecule has 2 aromatic carbocycles. The zero-order valence-corrected chi connectivity index (χ0v) is 18.0. The summed E-state index contributed by atoms with van der Waals surface area (Å²) in [6, 6.07) is 18.7. The second-order valence-electron chi connectivity index (χ2n) is 6.79. The first-order valence-corrected chi connectivity index (χ1v) is 10.9. The van der Waals surface area contributed by atoms with Gasteiger partial charge in [-0.3, -0.25) is 10.4 Å². The third-order valence-corrected chi connectivity index (χ3v) is 6.37. The predicted octanol–water partition coefficient (Wildman–Crippen LogP) is 5.03.